The Hall–Kier alpha value is -1.92. The molecule has 2 aromatic rings. The normalized spacial score (nSPS) is 11.2. The molecular formula is C21H33ClN2O4. The molecule has 0 fully saturated rings. The van der Waals surface area contributed by atoms with Gasteiger partial charge in [0.2, 0.25) is 0 Å². The molecule has 7 heteroatoms. The van der Waals surface area contributed by atoms with E-state index in [0.29, 0.717) is 46.9 Å². The lowest BCUT2D eigenvalue weighted by Gasteiger charge is -2.25. The topological polar surface area (TPSA) is 75.7 Å². The molecule has 0 unspecified atom stereocenters. The molecule has 0 radical (unpaired) electrons. The van der Waals surface area contributed by atoms with Crippen molar-refractivity contribution in [3.63, 3.8) is 0 Å². The summed E-state index contributed by atoms with van der Waals surface area (Å²) in [5.41, 5.74) is 6.59. The number of rotatable bonds is 8. The van der Waals surface area contributed by atoms with E-state index in [1.54, 1.807) is 30.9 Å². The summed E-state index contributed by atoms with van der Waals surface area (Å²) in [4.78, 5) is 13.3. The van der Waals surface area contributed by atoms with Gasteiger partial charge in [-0.05, 0) is 24.0 Å². The van der Waals surface area contributed by atoms with Gasteiger partial charge in [0.1, 0.15) is 0 Å². The van der Waals surface area contributed by atoms with E-state index in [1.165, 1.54) is 0 Å². The third kappa shape index (κ3) is 4.92. The van der Waals surface area contributed by atoms with Crippen LogP contribution in [-0.2, 0) is 13.1 Å². The molecule has 0 spiro atoms. The van der Waals surface area contributed by atoms with Crippen LogP contribution in [0.5, 0.6) is 17.2 Å². The number of fused-ring (bicyclic) bond motifs is 1. The van der Waals surface area contributed by atoms with Crippen LogP contribution in [0.3, 0.4) is 0 Å². The molecule has 1 aromatic carbocycles. The minimum atomic E-state index is -0.0934. The number of benzene rings is 1. The van der Waals surface area contributed by atoms with E-state index < -0.39 is 0 Å². The molecule has 6 nitrogen and oxygen atoms in total. The number of halogens is 1. The molecule has 0 aliphatic carbocycles. The summed E-state index contributed by atoms with van der Waals surface area (Å²) in [7, 11) is 3.14. The van der Waals surface area contributed by atoms with Crippen molar-refractivity contribution in [2.75, 3.05) is 20.8 Å². The number of nitrogens with zero attached hydrogens (tertiary/aromatic N) is 1. The number of hydrogen-bond donors (Lipinski definition) is 1. The third-order valence-electron chi connectivity index (χ3n) is 4.41. The number of nitrogens with two attached hydrogens (primary N) is 1. The van der Waals surface area contributed by atoms with Crippen molar-refractivity contribution in [3.05, 3.63) is 28.2 Å². The van der Waals surface area contributed by atoms with Crippen molar-refractivity contribution in [2.45, 2.75) is 53.6 Å². The van der Waals surface area contributed by atoms with E-state index in [1.807, 2.05) is 0 Å². The smallest absolute Gasteiger partial charge is 0.259 e. The van der Waals surface area contributed by atoms with Gasteiger partial charge in [0, 0.05) is 13.1 Å². The van der Waals surface area contributed by atoms with E-state index in [4.69, 9.17) is 19.9 Å². The van der Waals surface area contributed by atoms with Crippen LogP contribution in [0.15, 0.2) is 16.9 Å². The Morgan fingerprint density at radius 2 is 1.79 bits per heavy atom. The second-order valence-electron chi connectivity index (χ2n) is 7.86. The van der Waals surface area contributed by atoms with E-state index in [0.717, 1.165) is 12.8 Å². The summed E-state index contributed by atoms with van der Waals surface area (Å²) in [6.07, 6.45) is 1.92. The van der Waals surface area contributed by atoms with E-state index in [9.17, 15) is 4.79 Å². The van der Waals surface area contributed by atoms with Gasteiger partial charge in [-0.2, -0.15) is 0 Å². The van der Waals surface area contributed by atoms with Crippen LogP contribution >= 0.6 is 12.4 Å². The molecule has 0 aliphatic rings. The number of methoxy groups -OCH3 is 2. The molecule has 0 atom stereocenters. The molecule has 2 N–H and O–H groups in total. The van der Waals surface area contributed by atoms with Crippen LogP contribution in [0, 0.1) is 5.41 Å². The van der Waals surface area contributed by atoms with Gasteiger partial charge in [-0.25, -0.2) is 0 Å². The summed E-state index contributed by atoms with van der Waals surface area (Å²) < 4.78 is 18.9. The molecule has 1 aromatic heterocycles. The molecule has 0 amide bonds. The zero-order chi connectivity index (χ0) is 20.2. The minimum Gasteiger partial charge on any atom is -0.493 e. The standard InChI is InChI=1S/C21H32N2O4.ClH/c1-7-8-11-27-18-15(12-22)23(13-21(2,3)4)20(24)14-9-10-16(25-5)19(26-6)17(14)18;/h9-10H,7-8,11-13,22H2,1-6H3;1H. The minimum absolute atomic E-state index is 0. The average Bonchev–Trinajstić information content (AvgIpc) is 2.63. The second-order valence-corrected chi connectivity index (χ2v) is 7.86. The fourth-order valence-electron chi connectivity index (χ4n) is 3.18. The molecular weight excluding hydrogens is 380 g/mol. The first kappa shape index (κ1) is 24.1. The third-order valence-corrected chi connectivity index (χ3v) is 4.41. The Labute approximate surface area is 173 Å². The number of hydrogen-bond acceptors (Lipinski definition) is 5. The van der Waals surface area contributed by atoms with Gasteiger partial charge >= 0.3 is 0 Å². The molecule has 0 bridgehead atoms. The van der Waals surface area contributed by atoms with Crippen LogP contribution in [0.4, 0.5) is 0 Å². The Morgan fingerprint density at radius 3 is 2.29 bits per heavy atom. The molecule has 0 aliphatic heterocycles. The lowest BCUT2D eigenvalue weighted by Crippen LogP contribution is -2.31. The second kappa shape index (κ2) is 10.0. The fraction of sp³-hybridized carbons (Fsp3) is 0.571. The van der Waals surface area contributed by atoms with Gasteiger partial charge in [-0.1, -0.05) is 34.1 Å². The van der Waals surface area contributed by atoms with E-state index in [-0.39, 0.29) is 29.9 Å². The highest BCUT2D eigenvalue weighted by molar-refractivity contribution is 5.96. The van der Waals surface area contributed by atoms with E-state index >= 15 is 0 Å². The average molecular weight is 413 g/mol. The Balaban J connectivity index is 0.00000392. The quantitative estimate of drug-likeness (QED) is 0.660. The SMILES string of the molecule is CCCCOc1c(CN)n(CC(C)(C)C)c(=O)c2ccc(OC)c(OC)c12.Cl. The van der Waals surface area contributed by atoms with Crippen molar-refractivity contribution < 1.29 is 14.2 Å². The zero-order valence-electron chi connectivity index (χ0n) is 17.8. The summed E-state index contributed by atoms with van der Waals surface area (Å²) >= 11 is 0. The van der Waals surface area contributed by atoms with Gasteiger partial charge in [0.05, 0.1) is 37.3 Å². The number of ether oxygens (including phenoxy) is 3. The number of pyridine rings is 1. The predicted octanol–water partition coefficient (Wildman–Crippen LogP) is 4.12. The van der Waals surface area contributed by atoms with Crippen LogP contribution in [0.2, 0.25) is 0 Å². The maximum Gasteiger partial charge on any atom is 0.259 e. The van der Waals surface area contributed by atoms with Crippen LogP contribution in [-0.4, -0.2) is 25.4 Å². The first-order valence-corrected chi connectivity index (χ1v) is 9.42. The molecule has 28 heavy (non-hydrogen) atoms. The molecule has 2 rings (SSSR count). The summed E-state index contributed by atoms with van der Waals surface area (Å²) in [6, 6.07) is 3.52. The molecule has 0 saturated carbocycles. The molecule has 0 saturated heterocycles. The predicted molar refractivity (Wildman–Crippen MR) is 116 cm³/mol. The van der Waals surface area contributed by atoms with E-state index in [2.05, 4.69) is 27.7 Å². The fourth-order valence-corrected chi connectivity index (χ4v) is 3.18. The summed E-state index contributed by atoms with van der Waals surface area (Å²) in [5, 5.41) is 1.17. The summed E-state index contributed by atoms with van der Waals surface area (Å²) in [6.45, 7) is 9.68. The van der Waals surface area contributed by atoms with Crippen molar-refractivity contribution in [1.82, 2.24) is 4.57 Å². The Kier molecular flexibility index (Phi) is 8.64. The summed E-state index contributed by atoms with van der Waals surface area (Å²) in [5.74, 6) is 1.66. The Morgan fingerprint density at radius 1 is 1.11 bits per heavy atom. The maximum atomic E-state index is 13.3. The van der Waals surface area contributed by atoms with Crippen LogP contribution < -0.4 is 25.5 Å². The highest BCUT2D eigenvalue weighted by Crippen LogP contribution is 2.41. The van der Waals surface area contributed by atoms with Gasteiger partial charge in [-0.3, -0.25) is 4.79 Å². The first-order valence-electron chi connectivity index (χ1n) is 9.42. The lowest BCUT2D eigenvalue weighted by molar-refractivity contribution is 0.293. The van der Waals surface area contributed by atoms with Gasteiger partial charge in [-0.15, -0.1) is 12.4 Å². The van der Waals surface area contributed by atoms with Gasteiger partial charge in [0.25, 0.3) is 5.56 Å². The highest BCUT2D eigenvalue weighted by atomic mass is 35.5. The Bertz CT molecular complexity index is 856. The number of unbranched alkanes of at least 4 members (excludes halogenated alkanes) is 1. The maximum absolute atomic E-state index is 13.3. The van der Waals surface area contributed by atoms with Gasteiger partial charge in [0.15, 0.2) is 17.2 Å². The largest absolute Gasteiger partial charge is 0.493 e. The zero-order valence-corrected chi connectivity index (χ0v) is 18.6. The van der Waals surface area contributed by atoms with Crippen molar-refractivity contribution >= 4 is 23.2 Å². The van der Waals surface area contributed by atoms with Crippen LogP contribution in [0.1, 0.15) is 46.2 Å². The van der Waals surface area contributed by atoms with Gasteiger partial charge < -0.3 is 24.5 Å². The monoisotopic (exact) mass is 412 g/mol. The van der Waals surface area contributed by atoms with Crippen molar-refractivity contribution in [1.29, 1.82) is 0 Å². The van der Waals surface area contributed by atoms with Crippen molar-refractivity contribution in [2.24, 2.45) is 11.1 Å². The molecule has 1 heterocycles. The number of aromatic nitrogens is 1. The van der Waals surface area contributed by atoms with Crippen LogP contribution in [0.25, 0.3) is 10.8 Å². The lowest BCUT2D eigenvalue weighted by atomic mass is 9.96. The highest BCUT2D eigenvalue weighted by Gasteiger charge is 2.24. The van der Waals surface area contributed by atoms with Crippen molar-refractivity contribution in [3.8, 4) is 17.2 Å². The first-order chi connectivity index (χ1) is 12.8. The molecule has 158 valence electrons.